The van der Waals surface area contributed by atoms with Crippen molar-refractivity contribution in [1.29, 1.82) is 0 Å². The van der Waals surface area contributed by atoms with E-state index in [9.17, 15) is 4.79 Å². The lowest BCUT2D eigenvalue weighted by molar-refractivity contribution is -0.155. The third-order valence-corrected chi connectivity index (χ3v) is 2.28. The van der Waals surface area contributed by atoms with Crippen molar-refractivity contribution in [1.82, 2.24) is 4.90 Å². The molecule has 80 valence electrons. The quantitative estimate of drug-likeness (QED) is 0.678. The Balaban J connectivity index is 2.32. The first-order valence-electron chi connectivity index (χ1n) is 4.80. The molecule has 0 saturated carbocycles. The first-order valence-corrected chi connectivity index (χ1v) is 4.80. The number of hydrogen-bond donors (Lipinski definition) is 1. The molecule has 14 heavy (non-hydrogen) atoms. The molecule has 4 nitrogen and oxygen atoms in total. The highest BCUT2D eigenvalue weighted by Gasteiger charge is 2.25. The Morgan fingerprint density at radius 1 is 1.71 bits per heavy atom. The van der Waals surface area contributed by atoms with Gasteiger partial charge in [-0.1, -0.05) is 5.57 Å². The van der Waals surface area contributed by atoms with E-state index in [1.54, 1.807) is 0 Å². The molecule has 1 N–H and O–H groups in total. The van der Waals surface area contributed by atoms with E-state index in [1.807, 2.05) is 6.92 Å². The summed E-state index contributed by atoms with van der Waals surface area (Å²) in [5.74, 6) is -0.870. The second kappa shape index (κ2) is 5.12. The number of morpholine rings is 1. The van der Waals surface area contributed by atoms with Crippen LogP contribution in [0, 0.1) is 0 Å². The van der Waals surface area contributed by atoms with Crippen molar-refractivity contribution >= 4 is 5.97 Å². The maximum Gasteiger partial charge on any atom is 0.334 e. The zero-order chi connectivity index (χ0) is 10.6. The maximum absolute atomic E-state index is 10.7. The van der Waals surface area contributed by atoms with Crippen LogP contribution in [-0.4, -0.2) is 48.3 Å². The van der Waals surface area contributed by atoms with Crippen LogP contribution in [0.4, 0.5) is 0 Å². The molecule has 0 spiro atoms. The Bertz CT molecular complexity index is 227. The molecule has 1 unspecified atom stereocenters. The van der Waals surface area contributed by atoms with E-state index in [4.69, 9.17) is 9.84 Å². The summed E-state index contributed by atoms with van der Waals surface area (Å²) in [7, 11) is 0. The summed E-state index contributed by atoms with van der Waals surface area (Å²) in [5.41, 5.74) is 1.13. The molecule has 1 aliphatic rings. The van der Waals surface area contributed by atoms with E-state index in [1.165, 1.54) is 0 Å². The summed E-state index contributed by atoms with van der Waals surface area (Å²) >= 11 is 0. The zero-order valence-electron chi connectivity index (χ0n) is 8.53. The fourth-order valence-electron chi connectivity index (χ4n) is 1.40. The summed E-state index contributed by atoms with van der Waals surface area (Å²) in [6.07, 6.45) is 0.265. The van der Waals surface area contributed by atoms with Crippen LogP contribution in [0.1, 0.15) is 13.3 Å². The maximum atomic E-state index is 10.7. The van der Waals surface area contributed by atoms with Gasteiger partial charge < -0.3 is 9.84 Å². The summed E-state index contributed by atoms with van der Waals surface area (Å²) in [6, 6.07) is 0. The van der Waals surface area contributed by atoms with Gasteiger partial charge in [0.05, 0.1) is 6.61 Å². The Morgan fingerprint density at radius 3 is 3.00 bits per heavy atom. The molecule has 1 aliphatic heterocycles. The van der Waals surface area contributed by atoms with E-state index >= 15 is 0 Å². The average Bonchev–Trinajstić information content (AvgIpc) is 2.15. The van der Waals surface area contributed by atoms with E-state index in [-0.39, 0.29) is 0 Å². The second-order valence-corrected chi connectivity index (χ2v) is 3.71. The standard InChI is InChI=1S/C10H17NO3/c1-8(2)3-4-11-5-6-14-9(7-11)10(12)13/h9H,1,3-7H2,2H3,(H,12,13). The van der Waals surface area contributed by atoms with Gasteiger partial charge in [-0.05, 0) is 13.3 Å². The van der Waals surface area contributed by atoms with Crippen molar-refractivity contribution in [2.75, 3.05) is 26.2 Å². The van der Waals surface area contributed by atoms with Gasteiger partial charge in [0.15, 0.2) is 6.10 Å². The van der Waals surface area contributed by atoms with E-state index in [0.29, 0.717) is 13.2 Å². The molecule has 0 aromatic carbocycles. The molecule has 1 saturated heterocycles. The van der Waals surface area contributed by atoms with Crippen LogP contribution in [0.2, 0.25) is 0 Å². The fourth-order valence-corrected chi connectivity index (χ4v) is 1.40. The van der Waals surface area contributed by atoms with Gasteiger partial charge in [0, 0.05) is 19.6 Å². The number of ether oxygens (including phenoxy) is 1. The van der Waals surface area contributed by atoms with E-state index in [2.05, 4.69) is 11.5 Å². The van der Waals surface area contributed by atoms with E-state index in [0.717, 1.165) is 25.1 Å². The minimum atomic E-state index is -0.870. The summed E-state index contributed by atoms with van der Waals surface area (Å²) in [4.78, 5) is 12.8. The SMILES string of the molecule is C=C(C)CCN1CCOC(C(=O)O)C1. The third-order valence-electron chi connectivity index (χ3n) is 2.28. The van der Waals surface area contributed by atoms with Crippen LogP contribution in [0.5, 0.6) is 0 Å². The molecule has 1 atom stereocenters. The van der Waals surface area contributed by atoms with Crippen molar-refractivity contribution in [3.63, 3.8) is 0 Å². The van der Waals surface area contributed by atoms with Crippen LogP contribution < -0.4 is 0 Å². The van der Waals surface area contributed by atoms with Crippen molar-refractivity contribution < 1.29 is 14.6 Å². The number of aliphatic carboxylic acids is 1. The molecular formula is C10H17NO3. The highest BCUT2D eigenvalue weighted by atomic mass is 16.5. The van der Waals surface area contributed by atoms with E-state index < -0.39 is 12.1 Å². The summed E-state index contributed by atoms with van der Waals surface area (Å²) in [5, 5.41) is 8.76. The number of nitrogens with zero attached hydrogens (tertiary/aromatic N) is 1. The smallest absolute Gasteiger partial charge is 0.334 e. The lowest BCUT2D eigenvalue weighted by Crippen LogP contribution is -2.46. The predicted octanol–water partition coefficient (Wildman–Crippen LogP) is 0.738. The number of rotatable bonds is 4. The third kappa shape index (κ3) is 3.47. The highest BCUT2D eigenvalue weighted by Crippen LogP contribution is 2.07. The largest absolute Gasteiger partial charge is 0.479 e. The van der Waals surface area contributed by atoms with Gasteiger partial charge in [0.25, 0.3) is 0 Å². The number of hydrogen-bond acceptors (Lipinski definition) is 3. The molecule has 0 bridgehead atoms. The van der Waals surface area contributed by atoms with Crippen molar-refractivity contribution in [2.24, 2.45) is 0 Å². The zero-order valence-corrected chi connectivity index (χ0v) is 8.53. The van der Waals surface area contributed by atoms with Crippen LogP contribution in [0.3, 0.4) is 0 Å². The Hall–Kier alpha value is -0.870. The van der Waals surface area contributed by atoms with Crippen molar-refractivity contribution in [3.8, 4) is 0 Å². The number of carbonyl (C=O) groups is 1. The summed E-state index contributed by atoms with van der Waals surface area (Å²) in [6.45, 7) is 8.49. The molecule has 1 rings (SSSR count). The molecule has 0 aliphatic carbocycles. The Labute approximate surface area is 84.2 Å². The Morgan fingerprint density at radius 2 is 2.43 bits per heavy atom. The van der Waals surface area contributed by atoms with Gasteiger partial charge in [-0.25, -0.2) is 4.79 Å². The lowest BCUT2D eigenvalue weighted by atomic mass is 10.2. The molecule has 1 heterocycles. The molecule has 0 radical (unpaired) electrons. The molecule has 4 heteroatoms. The molecule has 0 aromatic heterocycles. The van der Waals surface area contributed by atoms with Crippen LogP contribution in [0.15, 0.2) is 12.2 Å². The minimum absolute atomic E-state index is 0.489. The number of carboxylic acid groups (broad SMARTS) is 1. The normalized spacial score (nSPS) is 23.4. The summed E-state index contributed by atoms with van der Waals surface area (Å²) < 4.78 is 5.11. The van der Waals surface area contributed by atoms with Crippen molar-refractivity contribution in [3.05, 3.63) is 12.2 Å². The van der Waals surface area contributed by atoms with Gasteiger partial charge in [-0.2, -0.15) is 0 Å². The second-order valence-electron chi connectivity index (χ2n) is 3.71. The van der Waals surface area contributed by atoms with Crippen molar-refractivity contribution in [2.45, 2.75) is 19.4 Å². The number of carboxylic acids is 1. The monoisotopic (exact) mass is 199 g/mol. The molecule has 0 amide bonds. The van der Waals surface area contributed by atoms with Crippen LogP contribution in [0.25, 0.3) is 0 Å². The van der Waals surface area contributed by atoms with Crippen LogP contribution in [-0.2, 0) is 9.53 Å². The lowest BCUT2D eigenvalue weighted by Gasteiger charge is -2.30. The topological polar surface area (TPSA) is 49.8 Å². The van der Waals surface area contributed by atoms with Gasteiger partial charge >= 0.3 is 5.97 Å². The predicted molar refractivity (Wildman–Crippen MR) is 53.2 cm³/mol. The Kier molecular flexibility index (Phi) is 4.10. The van der Waals surface area contributed by atoms with Gasteiger partial charge in [-0.15, -0.1) is 6.58 Å². The first-order chi connectivity index (χ1) is 6.59. The molecular weight excluding hydrogens is 182 g/mol. The highest BCUT2D eigenvalue weighted by molar-refractivity contribution is 5.72. The minimum Gasteiger partial charge on any atom is -0.479 e. The van der Waals surface area contributed by atoms with Crippen LogP contribution >= 0.6 is 0 Å². The van der Waals surface area contributed by atoms with Gasteiger partial charge in [-0.3, -0.25) is 4.90 Å². The van der Waals surface area contributed by atoms with Gasteiger partial charge in [0.2, 0.25) is 0 Å². The molecule has 0 aromatic rings. The van der Waals surface area contributed by atoms with Gasteiger partial charge in [0.1, 0.15) is 0 Å². The average molecular weight is 199 g/mol. The first kappa shape index (κ1) is 11.2. The fraction of sp³-hybridized carbons (Fsp3) is 0.700. The molecule has 1 fully saturated rings.